The highest BCUT2D eigenvalue weighted by molar-refractivity contribution is 6.07. The normalized spacial score (nSPS) is 14.2. The van der Waals surface area contributed by atoms with Crippen molar-refractivity contribution in [2.45, 2.75) is 13.3 Å². The number of anilines is 1. The number of carbonyl (C=O) groups excluding carboxylic acids is 1. The van der Waals surface area contributed by atoms with E-state index < -0.39 is 0 Å². The van der Waals surface area contributed by atoms with Gasteiger partial charge in [0, 0.05) is 34.7 Å². The van der Waals surface area contributed by atoms with Gasteiger partial charge in [0.1, 0.15) is 11.6 Å². The van der Waals surface area contributed by atoms with Gasteiger partial charge < -0.3 is 10.1 Å². The van der Waals surface area contributed by atoms with Crippen LogP contribution >= 0.6 is 0 Å². The molecule has 0 atom stereocenters. The van der Waals surface area contributed by atoms with Crippen LogP contribution in [0.3, 0.4) is 0 Å². The smallest absolute Gasteiger partial charge is 0.255 e. The second-order valence-electron chi connectivity index (χ2n) is 6.14. The Hall–Kier alpha value is -3.01. The van der Waals surface area contributed by atoms with Crippen LogP contribution in [0, 0.1) is 6.92 Å². The van der Waals surface area contributed by atoms with Gasteiger partial charge in [0.25, 0.3) is 5.91 Å². The van der Waals surface area contributed by atoms with Gasteiger partial charge in [0.2, 0.25) is 0 Å². The summed E-state index contributed by atoms with van der Waals surface area (Å²) in [6, 6.07) is 15.3. The van der Waals surface area contributed by atoms with Gasteiger partial charge in [0.05, 0.1) is 0 Å². The van der Waals surface area contributed by atoms with Crippen molar-refractivity contribution in [2.75, 3.05) is 11.4 Å². The maximum Gasteiger partial charge on any atom is 0.255 e. The molecule has 0 saturated carbocycles. The molecule has 4 heteroatoms. The number of aryl methyl sites for hydroxylation is 1. The molecular weight excluding hydrogens is 300 g/mol. The molecule has 2 N–H and O–H groups in total. The van der Waals surface area contributed by atoms with Crippen LogP contribution in [0.15, 0.2) is 54.6 Å². The van der Waals surface area contributed by atoms with E-state index >= 15 is 0 Å². The van der Waals surface area contributed by atoms with Crippen molar-refractivity contribution in [3.8, 4) is 0 Å². The van der Waals surface area contributed by atoms with Gasteiger partial charge in [0.15, 0.2) is 0 Å². The van der Waals surface area contributed by atoms with Crippen LogP contribution in [0.4, 0.5) is 5.82 Å². The molecular formula is C20H18N2O2. The van der Waals surface area contributed by atoms with E-state index in [0.717, 1.165) is 17.8 Å². The highest BCUT2D eigenvalue weighted by Gasteiger charge is 2.27. The molecule has 0 bridgehead atoms. The molecule has 4 rings (SSSR count). The van der Waals surface area contributed by atoms with Crippen LogP contribution in [0.25, 0.3) is 16.7 Å². The number of H-pyrrole nitrogens is 1. The zero-order valence-electron chi connectivity index (χ0n) is 13.4. The average molecular weight is 318 g/mol. The maximum atomic E-state index is 12.6. The van der Waals surface area contributed by atoms with Gasteiger partial charge in [-0.05, 0) is 25.5 Å². The molecule has 0 fully saturated rings. The van der Waals surface area contributed by atoms with E-state index in [-0.39, 0.29) is 11.7 Å². The van der Waals surface area contributed by atoms with Crippen LogP contribution in [0.5, 0.6) is 0 Å². The Morgan fingerprint density at radius 3 is 2.79 bits per heavy atom. The summed E-state index contributed by atoms with van der Waals surface area (Å²) in [5, 5.41) is 11.4. The largest absolute Gasteiger partial charge is 0.507 e. The molecule has 0 unspecified atom stereocenters. The first-order valence-corrected chi connectivity index (χ1v) is 8.02. The second kappa shape index (κ2) is 5.57. The van der Waals surface area contributed by atoms with E-state index in [1.165, 1.54) is 22.6 Å². The number of fused-ring (bicyclic) bond motifs is 3. The van der Waals surface area contributed by atoms with Crippen LogP contribution < -0.4 is 4.90 Å². The highest BCUT2D eigenvalue weighted by atomic mass is 16.3. The van der Waals surface area contributed by atoms with Crippen molar-refractivity contribution in [3.05, 3.63) is 71.3 Å². The van der Waals surface area contributed by atoms with Crippen LogP contribution in [0.2, 0.25) is 0 Å². The van der Waals surface area contributed by atoms with Crippen molar-refractivity contribution < 1.29 is 9.90 Å². The predicted molar refractivity (Wildman–Crippen MR) is 96.1 cm³/mol. The van der Waals surface area contributed by atoms with Crippen LogP contribution in [0.1, 0.15) is 16.7 Å². The van der Waals surface area contributed by atoms with Gasteiger partial charge in [-0.1, -0.05) is 42.0 Å². The molecule has 0 spiro atoms. The Balaban J connectivity index is 1.68. The Morgan fingerprint density at radius 1 is 1.21 bits per heavy atom. The van der Waals surface area contributed by atoms with Crippen molar-refractivity contribution in [1.29, 1.82) is 0 Å². The lowest BCUT2D eigenvalue weighted by Crippen LogP contribution is -2.27. The summed E-state index contributed by atoms with van der Waals surface area (Å²) in [4.78, 5) is 17.6. The van der Waals surface area contributed by atoms with Crippen molar-refractivity contribution in [2.24, 2.45) is 0 Å². The number of rotatable bonds is 2. The first-order valence-electron chi connectivity index (χ1n) is 8.02. The first kappa shape index (κ1) is 14.6. The molecule has 2 aromatic carbocycles. The highest BCUT2D eigenvalue weighted by Crippen LogP contribution is 2.35. The standard InChI is InChI=1S/C20H18N2O2/c1-13-7-8-17-16(11-13)15-9-10-22(20(15)21-17)19(24)12-18(23)14-5-3-2-4-6-14/h2-8,11-12,21,23H,9-10H2,1H3/b18-12-. The fourth-order valence-corrected chi connectivity index (χ4v) is 3.27. The Morgan fingerprint density at radius 2 is 2.00 bits per heavy atom. The van der Waals surface area contributed by atoms with E-state index in [4.69, 9.17) is 0 Å². The lowest BCUT2D eigenvalue weighted by atomic mass is 10.1. The number of aromatic amines is 1. The fraction of sp³-hybridized carbons (Fsp3) is 0.150. The third-order valence-corrected chi connectivity index (χ3v) is 4.49. The quantitative estimate of drug-likeness (QED) is 0.555. The first-order chi connectivity index (χ1) is 11.6. The summed E-state index contributed by atoms with van der Waals surface area (Å²) in [5.74, 6) is 0.622. The molecule has 4 nitrogen and oxygen atoms in total. The minimum Gasteiger partial charge on any atom is -0.507 e. The van der Waals surface area contributed by atoms with Gasteiger partial charge in [-0.3, -0.25) is 9.69 Å². The summed E-state index contributed by atoms with van der Waals surface area (Å²) in [6.07, 6.45) is 2.12. The van der Waals surface area contributed by atoms with Crippen molar-refractivity contribution in [3.63, 3.8) is 0 Å². The minimum absolute atomic E-state index is 0.0130. The molecule has 1 amide bonds. The number of benzene rings is 2. The molecule has 1 aromatic heterocycles. The molecule has 0 aliphatic carbocycles. The zero-order chi connectivity index (χ0) is 16.7. The number of amides is 1. The summed E-state index contributed by atoms with van der Waals surface area (Å²) in [5.41, 5.74) is 4.06. The number of hydrogen-bond donors (Lipinski definition) is 2. The molecule has 0 saturated heterocycles. The van der Waals surface area contributed by atoms with E-state index in [1.807, 2.05) is 24.3 Å². The third-order valence-electron chi connectivity index (χ3n) is 4.49. The summed E-state index contributed by atoms with van der Waals surface area (Å²) < 4.78 is 0. The van der Waals surface area contributed by atoms with Gasteiger partial charge in [-0.25, -0.2) is 0 Å². The Labute approximate surface area is 140 Å². The summed E-state index contributed by atoms with van der Waals surface area (Å²) in [6.45, 7) is 2.69. The van der Waals surface area contributed by atoms with E-state index in [0.29, 0.717) is 12.1 Å². The summed E-state index contributed by atoms with van der Waals surface area (Å²) >= 11 is 0. The number of aliphatic hydroxyl groups is 1. The molecule has 0 radical (unpaired) electrons. The summed E-state index contributed by atoms with van der Waals surface area (Å²) in [7, 11) is 0. The number of carbonyl (C=O) groups is 1. The van der Waals surface area contributed by atoms with E-state index in [1.54, 1.807) is 17.0 Å². The average Bonchev–Trinajstić information content (AvgIpc) is 3.14. The zero-order valence-corrected chi connectivity index (χ0v) is 13.4. The number of nitrogens with one attached hydrogen (secondary N) is 1. The maximum absolute atomic E-state index is 12.6. The molecule has 1 aliphatic heterocycles. The second-order valence-corrected chi connectivity index (χ2v) is 6.14. The molecule has 120 valence electrons. The van der Waals surface area contributed by atoms with Gasteiger partial charge in [-0.2, -0.15) is 0 Å². The number of nitrogens with zero attached hydrogens (tertiary/aromatic N) is 1. The van der Waals surface area contributed by atoms with Gasteiger partial charge in [-0.15, -0.1) is 0 Å². The SMILES string of the molecule is Cc1ccc2[nH]c3c(c2c1)CCN3C(=O)/C=C(\O)c1ccccc1. The minimum atomic E-state index is -0.210. The van der Waals surface area contributed by atoms with E-state index in [9.17, 15) is 9.90 Å². The third kappa shape index (κ3) is 2.36. The molecule has 1 aliphatic rings. The number of aromatic nitrogens is 1. The topological polar surface area (TPSA) is 56.3 Å². The van der Waals surface area contributed by atoms with Crippen LogP contribution in [-0.4, -0.2) is 22.5 Å². The lowest BCUT2D eigenvalue weighted by molar-refractivity contribution is -0.114. The molecule has 24 heavy (non-hydrogen) atoms. The molecule has 3 aromatic rings. The number of aliphatic hydroxyl groups excluding tert-OH is 1. The van der Waals surface area contributed by atoms with Gasteiger partial charge >= 0.3 is 0 Å². The Kier molecular flexibility index (Phi) is 3.38. The molecule has 2 heterocycles. The van der Waals surface area contributed by atoms with E-state index in [2.05, 4.69) is 24.0 Å². The van der Waals surface area contributed by atoms with Crippen molar-refractivity contribution >= 4 is 28.4 Å². The lowest BCUT2D eigenvalue weighted by Gasteiger charge is -2.13. The monoisotopic (exact) mass is 318 g/mol. The van der Waals surface area contributed by atoms with Crippen LogP contribution in [-0.2, 0) is 11.2 Å². The Bertz CT molecular complexity index is 954. The van der Waals surface area contributed by atoms with Crippen molar-refractivity contribution in [1.82, 2.24) is 4.98 Å². The number of hydrogen-bond acceptors (Lipinski definition) is 2. The fourth-order valence-electron chi connectivity index (χ4n) is 3.27. The predicted octanol–water partition coefficient (Wildman–Crippen LogP) is 3.96.